The molecule has 1 aliphatic heterocycles. The molecule has 0 radical (unpaired) electrons. The largest absolute Gasteiger partial charge is 0.414 e. The highest BCUT2D eigenvalue weighted by atomic mass is 32.1. The lowest BCUT2D eigenvalue weighted by atomic mass is 9.77. The van der Waals surface area contributed by atoms with E-state index in [1.165, 1.54) is 11.3 Å². The van der Waals surface area contributed by atoms with Gasteiger partial charge in [0.2, 0.25) is 0 Å². The molecule has 5 heterocycles. The number of nitrogens with one attached hydrogen (secondary N) is 1. The molecule has 1 saturated heterocycles. The van der Waals surface area contributed by atoms with Crippen molar-refractivity contribution < 1.29 is 7.27 Å². The van der Waals surface area contributed by atoms with Crippen LogP contribution >= 0.6 is 11.3 Å². The maximum Gasteiger partial charge on any atom is 0.268 e. The molecule has 0 saturated carbocycles. The summed E-state index contributed by atoms with van der Waals surface area (Å²) in [6.07, 6.45) is 4.92. The lowest BCUT2D eigenvalue weighted by Crippen LogP contribution is -2.39. The second kappa shape index (κ2) is 7.98. The molecule has 4 aromatic rings. The molecule has 158 valence electrons. The van der Waals surface area contributed by atoms with Crippen LogP contribution in [-0.4, -0.2) is 38.2 Å². The second-order valence-electron chi connectivity index (χ2n) is 7.45. The summed E-state index contributed by atoms with van der Waals surface area (Å²) in [5, 5.41) is 23.5. The summed E-state index contributed by atoms with van der Waals surface area (Å²) in [7, 11) is 0. The Morgan fingerprint density at radius 2 is 2.03 bits per heavy atom. The Balaban J connectivity index is 0.00000153. The van der Waals surface area contributed by atoms with Gasteiger partial charge in [-0.25, -0.2) is 4.98 Å². The zero-order valence-corrected chi connectivity index (χ0v) is 17.7. The summed E-state index contributed by atoms with van der Waals surface area (Å²) in [5.74, 6) is 0.793. The van der Waals surface area contributed by atoms with Gasteiger partial charge in [-0.2, -0.15) is 5.26 Å². The minimum Gasteiger partial charge on any atom is -0.414 e. The van der Waals surface area contributed by atoms with E-state index in [0.29, 0.717) is 28.9 Å². The fourth-order valence-electron chi connectivity index (χ4n) is 3.74. The van der Waals surface area contributed by atoms with Crippen molar-refractivity contribution in [2.45, 2.75) is 25.2 Å². The van der Waals surface area contributed by atoms with Gasteiger partial charge in [-0.05, 0) is 56.4 Å². The minimum absolute atomic E-state index is 0. The highest BCUT2D eigenvalue weighted by Gasteiger charge is 2.35. The van der Waals surface area contributed by atoms with Gasteiger partial charge in [0.15, 0.2) is 0 Å². The molecule has 4 aromatic heterocycles. The molecule has 8 nitrogen and oxygen atoms in total. The highest BCUT2D eigenvalue weighted by Crippen LogP contribution is 2.34. The molecule has 31 heavy (non-hydrogen) atoms. The third-order valence-electron chi connectivity index (χ3n) is 5.53. The van der Waals surface area contributed by atoms with Crippen LogP contribution in [0, 0.1) is 18.3 Å². The van der Waals surface area contributed by atoms with Gasteiger partial charge in [0.25, 0.3) is 11.8 Å². The first-order valence-corrected chi connectivity index (χ1v) is 10.9. The number of piperidine rings is 1. The number of pyridine rings is 1. The van der Waals surface area contributed by atoms with Gasteiger partial charge in [-0.3, -0.25) is 9.97 Å². The van der Waals surface area contributed by atoms with Crippen LogP contribution in [0.15, 0.2) is 46.5 Å². The molecule has 0 bridgehead atoms. The van der Waals surface area contributed by atoms with Crippen LogP contribution in [0.25, 0.3) is 33.6 Å². The summed E-state index contributed by atoms with van der Waals surface area (Å²) in [5.41, 5.74) is 2.96. The summed E-state index contributed by atoms with van der Waals surface area (Å²) in [6, 6.07) is 10.2. The number of thiophene rings is 1. The van der Waals surface area contributed by atoms with Crippen LogP contribution in [0.2, 0.25) is 0 Å². The standard InChI is InChI=1S/C22H19N7OS.2H2/c1-14-19(21-29-28-20(30-21)17-3-2-10-31-17)27-16(12-26-14)15-4-7-25-18(11-15)22(13-23)5-8-24-9-6-22;;/h2-4,7,10-12,24H,5-6,8-9H2,1H3;2*1H. The molecule has 1 N–H and O–H groups in total. The molecule has 0 spiro atoms. The molecule has 5 rings (SSSR count). The van der Waals surface area contributed by atoms with Crippen molar-refractivity contribution in [1.82, 2.24) is 30.5 Å². The van der Waals surface area contributed by atoms with Crippen LogP contribution < -0.4 is 5.32 Å². The van der Waals surface area contributed by atoms with Crippen LogP contribution in [0.3, 0.4) is 0 Å². The molecule has 0 atom stereocenters. The van der Waals surface area contributed by atoms with E-state index in [1.54, 1.807) is 12.4 Å². The molecule has 0 amide bonds. The maximum atomic E-state index is 9.89. The lowest BCUT2D eigenvalue weighted by Gasteiger charge is -2.30. The van der Waals surface area contributed by atoms with E-state index >= 15 is 0 Å². The predicted molar refractivity (Wildman–Crippen MR) is 120 cm³/mol. The topological polar surface area (TPSA) is 113 Å². The number of hydrogen-bond acceptors (Lipinski definition) is 9. The Labute approximate surface area is 186 Å². The van der Waals surface area contributed by atoms with Crippen molar-refractivity contribution in [1.29, 1.82) is 5.26 Å². The molecule has 9 heteroatoms. The molecule has 0 unspecified atom stereocenters. The Morgan fingerprint density at radius 3 is 2.81 bits per heavy atom. The molecule has 0 aliphatic carbocycles. The van der Waals surface area contributed by atoms with E-state index in [2.05, 4.69) is 31.6 Å². The fourth-order valence-corrected chi connectivity index (χ4v) is 4.38. The van der Waals surface area contributed by atoms with Crippen LogP contribution in [0.4, 0.5) is 0 Å². The fraction of sp³-hybridized carbons (Fsp3) is 0.273. The molecule has 1 aliphatic rings. The first-order valence-electron chi connectivity index (χ1n) is 9.99. The zero-order chi connectivity index (χ0) is 21.3. The van der Waals surface area contributed by atoms with Crippen LogP contribution in [0.1, 0.15) is 27.1 Å². The lowest BCUT2D eigenvalue weighted by molar-refractivity contribution is 0.375. The van der Waals surface area contributed by atoms with Crippen LogP contribution in [0.5, 0.6) is 0 Å². The summed E-state index contributed by atoms with van der Waals surface area (Å²) < 4.78 is 5.86. The number of aromatic nitrogens is 5. The van der Waals surface area contributed by atoms with Gasteiger partial charge < -0.3 is 9.73 Å². The molecule has 1 fully saturated rings. The first-order chi connectivity index (χ1) is 15.2. The molecular formula is C22H23N7OS. The Morgan fingerprint density at radius 1 is 1.19 bits per heavy atom. The van der Waals surface area contributed by atoms with Gasteiger partial charge in [0, 0.05) is 14.6 Å². The van der Waals surface area contributed by atoms with E-state index in [4.69, 9.17) is 9.40 Å². The Hall–Kier alpha value is -3.48. The van der Waals surface area contributed by atoms with Crippen molar-refractivity contribution in [2.75, 3.05) is 13.1 Å². The van der Waals surface area contributed by atoms with Crippen LogP contribution in [-0.2, 0) is 5.41 Å². The zero-order valence-electron chi connectivity index (χ0n) is 16.9. The minimum atomic E-state index is -0.579. The Kier molecular flexibility index (Phi) is 5.02. The summed E-state index contributed by atoms with van der Waals surface area (Å²) in [4.78, 5) is 14.7. The number of nitriles is 1. The summed E-state index contributed by atoms with van der Waals surface area (Å²) in [6.45, 7) is 3.47. The third-order valence-corrected chi connectivity index (χ3v) is 6.39. The van der Waals surface area contributed by atoms with Gasteiger partial charge in [-0.1, -0.05) is 6.07 Å². The average molecular weight is 434 g/mol. The van der Waals surface area contributed by atoms with Gasteiger partial charge in [0.05, 0.1) is 34.2 Å². The van der Waals surface area contributed by atoms with Gasteiger partial charge in [-0.15, -0.1) is 21.5 Å². The van der Waals surface area contributed by atoms with Crippen molar-refractivity contribution in [3.8, 4) is 39.7 Å². The number of aryl methyl sites for hydroxylation is 1. The Bertz CT molecular complexity index is 1260. The predicted octanol–water partition coefficient (Wildman–Crippen LogP) is 4.26. The average Bonchev–Trinajstić information content (AvgIpc) is 3.52. The van der Waals surface area contributed by atoms with Crippen molar-refractivity contribution in [3.05, 3.63) is 53.4 Å². The van der Waals surface area contributed by atoms with Crippen molar-refractivity contribution in [3.63, 3.8) is 0 Å². The number of hydrogen-bond donors (Lipinski definition) is 1. The van der Waals surface area contributed by atoms with E-state index < -0.39 is 5.41 Å². The summed E-state index contributed by atoms with van der Waals surface area (Å²) >= 11 is 1.54. The SMILES string of the molecule is Cc1ncc(-c2ccnc(C3(C#N)CCNCC3)c2)nc1-c1nnc(-c2cccs2)o1.[HH].[HH]. The van der Waals surface area contributed by atoms with Crippen molar-refractivity contribution >= 4 is 11.3 Å². The first kappa shape index (κ1) is 19.5. The van der Waals surface area contributed by atoms with Gasteiger partial charge in [0.1, 0.15) is 11.1 Å². The maximum absolute atomic E-state index is 9.89. The van der Waals surface area contributed by atoms with E-state index in [9.17, 15) is 5.26 Å². The smallest absolute Gasteiger partial charge is 0.268 e. The monoisotopic (exact) mass is 433 g/mol. The number of nitrogens with zero attached hydrogens (tertiary/aromatic N) is 6. The highest BCUT2D eigenvalue weighted by molar-refractivity contribution is 7.13. The van der Waals surface area contributed by atoms with E-state index in [1.807, 2.05) is 36.6 Å². The van der Waals surface area contributed by atoms with Crippen molar-refractivity contribution in [2.24, 2.45) is 0 Å². The third kappa shape index (κ3) is 3.60. The quantitative estimate of drug-likeness (QED) is 0.508. The van der Waals surface area contributed by atoms with E-state index in [-0.39, 0.29) is 2.85 Å². The number of rotatable bonds is 4. The normalized spacial score (nSPS) is 15.5. The van der Waals surface area contributed by atoms with E-state index in [0.717, 1.165) is 42.1 Å². The van der Waals surface area contributed by atoms with Gasteiger partial charge >= 0.3 is 0 Å². The second-order valence-corrected chi connectivity index (χ2v) is 8.40. The molecule has 0 aromatic carbocycles. The molecular weight excluding hydrogens is 410 g/mol.